The summed E-state index contributed by atoms with van der Waals surface area (Å²) in [4.78, 5) is 0. The molecule has 0 aliphatic heterocycles. The summed E-state index contributed by atoms with van der Waals surface area (Å²) in [6, 6.07) is 13.4. The molecule has 0 saturated heterocycles. The Kier molecular flexibility index (Phi) is 7.36. The molecular weight excluding hydrogens is 292 g/mol. The van der Waals surface area contributed by atoms with Gasteiger partial charge in [0.05, 0.1) is 6.61 Å². The van der Waals surface area contributed by atoms with Crippen LogP contribution in [-0.4, -0.2) is 6.61 Å². The van der Waals surface area contributed by atoms with Crippen LogP contribution < -0.4 is 4.74 Å². The van der Waals surface area contributed by atoms with E-state index in [0.717, 1.165) is 18.8 Å². The predicted molar refractivity (Wildman–Crippen MR) is 105 cm³/mol. The van der Waals surface area contributed by atoms with Crippen molar-refractivity contribution in [2.24, 2.45) is 0 Å². The molecule has 0 aromatic heterocycles. The van der Waals surface area contributed by atoms with Crippen LogP contribution in [0.25, 0.3) is 11.1 Å². The van der Waals surface area contributed by atoms with Crippen molar-refractivity contribution < 1.29 is 4.74 Å². The van der Waals surface area contributed by atoms with E-state index in [-0.39, 0.29) is 0 Å². The molecule has 0 spiro atoms. The van der Waals surface area contributed by atoms with Gasteiger partial charge < -0.3 is 4.74 Å². The van der Waals surface area contributed by atoms with Crippen molar-refractivity contribution in [1.82, 2.24) is 0 Å². The van der Waals surface area contributed by atoms with E-state index < -0.39 is 0 Å². The van der Waals surface area contributed by atoms with Crippen LogP contribution in [0.1, 0.15) is 62.6 Å². The maximum Gasteiger partial charge on any atom is 0.122 e. The summed E-state index contributed by atoms with van der Waals surface area (Å²) < 4.78 is 5.97. The van der Waals surface area contributed by atoms with E-state index in [0.29, 0.717) is 0 Å². The zero-order chi connectivity index (χ0) is 17.4. The molecule has 2 aromatic carbocycles. The second-order valence-corrected chi connectivity index (χ2v) is 6.72. The normalized spacial score (nSPS) is 10.8. The van der Waals surface area contributed by atoms with Crippen molar-refractivity contribution in [1.29, 1.82) is 0 Å². The largest absolute Gasteiger partial charge is 0.493 e. The zero-order valence-corrected chi connectivity index (χ0v) is 15.8. The van der Waals surface area contributed by atoms with Crippen LogP contribution in [0.3, 0.4) is 0 Å². The van der Waals surface area contributed by atoms with E-state index in [1.54, 1.807) is 0 Å². The number of ether oxygens (including phenoxy) is 1. The maximum absolute atomic E-state index is 5.97. The Morgan fingerprint density at radius 1 is 0.750 bits per heavy atom. The Morgan fingerprint density at radius 2 is 1.46 bits per heavy atom. The maximum atomic E-state index is 5.97. The molecule has 0 fully saturated rings. The number of hydrogen-bond donors (Lipinski definition) is 0. The first-order valence-electron chi connectivity index (χ1n) is 9.49. The van der Waals surface area contributed by atoms with E-state index in [4.69, 9.17) is 4.74 Å². The molecule has 0 aliphatic carbocycles. The Hall–Kier alpha value is -1.76. The van der Waals surface area contributed by atoms with Crippen molar-refractivity contribution in [3.05, 3.63) is 53.1 Å². The third-order valence-electron chi connectivity index (χ3n) is 4.83. The second kappa shape index (κ2) is 9.52. The van der Waals surface area contributed by atoms with Crippen molar-refractivity contribution in [3.63, 3.8) is 0 Å². The standard InChI is InChI=1S/C23H32O/c1-5-7-9-17-24-23-16-15-22(18(3)19(23)4)21-13-11-20(12-14-21)10-8-6-2/h11-16H,5-10,17H2,1-4H3. The van der Waals surface area contributed by atoms with Crippen LogP contribution in [0.2, 0.25) is 0 Å². The number of benzene rings is 2. The molecular formula is C23H32O. The monoisotopic (exact) mass is 324 g/mol. The third kappa shape index (κ3) is 4.87. The van der Waals surface area contributed by atoms with Gasteiger partial charge in [0, 0.05) is 0 Å². The van der Waals surface area contributed by atoms with Crippen LogP contribution in [0.5, 0.6) is 5.75 Å². The van der Waals surface area contributed by atoms with Gasteiger partial charge in [-0.25, -0.2) is 0 Å². The minimum atomic E-state index is 0.819. The molecule has 0 heterocycles. The molecule has 2 rings (SSSR count). The summed E-state index contributed by atoms with van der Waals surface area (Å²) in [7, 11) is 0. The highest BCUT2D eigenvalue weighted by Gasteiger charge is 2.09. The average molecular weight is 325 g/mol. The molecule has 0 N–H and O–H groups in total. The minimum absolute atomic E-state index is 0.819. The lowest BCUT2D eigenvalue weighted by Gasteiger charge is -2.15. The van der Waals surface area contributed by atoms with Crippen LogP contribution >= 0.6 is 0 Å². The van der Waals surface area contributed by atoms with E-state index >= 15 is 0 Å². The van der Waals surface area contributed by atoms with Gasteiger partial charge in [-0.1, -0.05) is 63.4 Å². The second-order valence-electron chi connectivity index (χ2n) is 6.72. The van der Waals surface area contributed by atoms with E-state index in [1.807, 2.05) is 0 Å². The van der Waals surface area contributed by atoms with Gasteiger partial charge >= 0.3 is 0 Å². The first kappa shape index (κ1) is 18.6. The average Bonchev–Trinajstić information content (AvgIpc) is 2.61. The number of rotatable bonds is 9. The highest BCUT2D eigenvalue weighted by Crippen LogP contribution is 2.31. The van der Waals surface area contributed by atoms with Crippen LogP contribution in [0.4, 0.5) is 0 Å². The lowest BCUT2D eigenvalue weighted by atomic mass is 9.95. The molecule has 0 radical (unpaired) electrons. The van der Waals surface area contributed by atoms with Crippen molar-refractivity contribution in [3.8, 4) is 16.9 Å². The van der Waals surface area contributed by atoms with Crippen LogP contribution in [0, 0.1) is 13.8 Å². The SMILES string of the molecule is CCCCCOc1ccc(-c2ccc(CCCC)cc2)c(C)c1C. The molecule has 1 nitrogen and oxygen atoms in total. The van der Waals surface area contributed by atoms with E-state index in [9.17, 15) is 0 Å². The molecule has 0 aliphatic rings. The topological polar surface area (TPSA) is 9.23 Å². The molecule has 0 bridgehead atoms. The lowest BCUT2D eigenvalue weighted by Crippen LogP contribution is -2.00. The molecule has 0 unspecified atom stereocenters. The number of unbranched alkanes of at least 4 members (excludes halogenated alkanes) is 3. The van der Waals surface area contributed by atoms with Crippen molar-refractivity contribution in [2.45, 2.75) is 66.2 Å². The van der Waals surface area contributed by atoms with Gasteiger partial charge in [0.2, 0.25) is 0 Å². The molecule has 130 valence electrons. The summed E-state index contributed by atoms with van der Waals surface area (Å²) >= 11 is 0. The number of hydrogen-bond acceptors (Lipinski definition) is 1. The van der Waals surface area contributed by atoms with E-state index in [1.165, 1.54) is 59.9 Å². The molecule has 0 atom stereocenters. The van der Waals surface area contributed by atoms with Gasteiger partial charge in [-0.3, -0.25) is 0 Å². The number of aryl methyl sites for hydroxylation is 1. The summed E-state index contributed by atoms with van der Waals surface area (Å²) in [5, 5.41) is 0. The van der Waals surface area contributed by atoms with Gasteiger partial charge in [-0.15, -0.1) is 0 Å². The predicted octanol–water partition coefficient (Wildman–Crippen LogP) is 6.88. The fraction of sp³-hybridized carbons (Fsp3) is 0.478. The Balaban J connectivity index is 2.12. The highest BCUT2D eigenvalue weighted by atomic mass is 16.5. The first-order chi connectivity index (χ1) is 11.7. The minimum Gasteiger partial charge on any atom is -0.493 e. The summed E-state index contributed by atoms with van der Waals surface area (Å²) in [5.41, 5.74) is 6.64. The first-order valence-corrected chi connectivity index (χ1v) is 9.49. The third-order valence-corrected chi connectivity index (χ3v) is 4.83. The zero-order valence-electron chi connectivity index (χ0n) is 15.8. The van der Waals surface area contributed by atoms with Gasteiger partial charge in [0.1, 0.15) is 5.75 Å². The molecule has 24 heavy (non-hydrogen) atoms. The smallest absolute Gasteiger partial charge is 0.122 e. The molecule has 2 aromatic rings. The fourth-order valence-corrected chi connectivity index (χ4v) is 3.03. The van der Waals surface area contributed by atoms with Crippen LogP contribution in [0.15, 0.2) is 36.4 Å². The van der Waals surface area contributed by atoms with Gasteiger partial charge in [0.15, 0.2) is 0 Å². The fourth-order valence-electron chi connectivity index (χ4n) is 3.03. The molecule has 0 saturated carbocycles. The summed E-state index contributed by atoms with van der Waals surface area (Å²) in [6.07, 6.45) is 7.30. The Morgan fingerprint density at radius 3 is 2.12 bits per heavy atom. The quantitative estimate of drug-likeness (QED) is 0.457. The molecule has 1 heteroatoms. The van der Waals surface area contributed by atoms with Gasteiger partial charge in [0.25, 0.3) is 0 Å². The Labute approximate surface area is 148 Å². The summed E-state index contributed by atoms with van der Waals surface area (Å²) in [5.74, 6) is 1.03. The van der Waals surface area contributed by atoms with Crippen molar-refractivity contribution in [2.75, 3.05) is 6.61 Å². The van der Waals surface area contributed by atoms with E-state index in [2.05, 4.69) is 64.1 Å². The highest BCUT2D eigenvalue weighted by molar-refractivity contribution is 5.70. The van der Waals surface area contributed by atoms with Gasteiger partial charge in [-0.2, -0.15) is 0 Å². The van der Waals surface area contributed by atoms with Gasteiger partial charge in [-0.05, 0) is 67.0 Å². The Bertz CT molecular complexity index is 625. The molecule has 0 amide bonds. The van der Waals surface area contributed by atoms with Crippen molar-refractivity contribution >= 4 is 0 Å². The lowest BCUT2D eigenvalue weighted by molar-refractivity contribution is 0.304. The van der Waals surface area contributed by atoms with Crippen LogP contribution in [-0.2, 0) is 6.42 Å². The summed E-state index contributed by atoms with van der Waals surface area (Å²) in [6.45, 7) is 9.65.